The molecule has 136 valence electrons. The lowest BCUT2D eigenvalue weighted by atomic mass is 10.0. The minimum atomic E-state index is -3.36. The summed E-state index contributed by atoms with van der Waals surface area (Å²) in [6, 6.07) is 3.39. The number of sulfone groups is 1. The highest BCUT2D eigenvalue weighted by Gasteiger charge is 2.32. The van der Waals surface area contributed by atoms with Crippen molar-refractivity contribution >= 4 is 9.84 Å². The molecule has 1 N–H and O–H groups in total. The molecular formula is C18H29NO4S. The van der Waals surface area contributed by atoms with Crippen molar-refractivity contribution < 1.29 is 17.9 Å². The molecule has 0 bridgehead atoms. The van der Waals surface area contributed by atoms with Crippen molar-refractivity contribution in [1.29, 1.82) is 0 Å². The van der Waals surface area contributed by atoms with E-state index in [2.05, 4.69) is 12.2 Å². The summed E-state index contributed by atoms with van der Waals surface area (Å²) < 4.78 is 37.1. The molecule has 1 aliphatic heterocycles. The van der Waals surface area contributed by atoms with Crippen LogP contribution in [0.1, 0.15) is 58.6 Å². The Labute approximate surface area is 145 Å². The number of benzene rings is 1. The average Bonchev–Trinajstić information content (AvgIpc) is 2.61. The van der Waals surface area contributed by atoms with Crippen LogP contribution in [0.5, 0.6) is 11.5 Å². The smallest absolute Gasteiger partial charge is 0.180 e. The number of rotatable bonds is 7. The molecule has 1 unspecified atom stereocenters. The molecular weight excluding hydrogens is 326 g/mol. The second kappa shape index (κ2) is 8.21. The minimum Gasteiger partial charge on any atom is -0.490 e. The zero-order valence-corrected chi connectivity index (χ0v) is 15.9. The number of hydrogen-bond acceptors (Lipinski definition) is 5. The highest BCUT2D eigenvalue weighted by atomic mass is 32.2. The fraction of sp³-hybridized carbons (Fsp3) is 0.667. The first-order valence-corrected chi connectivity index (χ1v) is 10.5. The van der Waals surface area contributed by atoms with Crippen molar-refractivity contribution in [2.45, 2.75) is 63.9 Å². The van der Waals surface area contributed by atoms with Crippen molar-refractivity contribution in [2.24, 2.45) is 0 Å². The number of fused-ring (bicyclic) bond motifs is 1. The number of ether oxygens (including phenoxy) is 2. The maximum atomic E-state index is 12.9. The molecule has 1 aliphatic rings. The predicted molar refractivity (Wildman–Crippen MR) is 95.7 cm³/mol. The van der Waals surface area contributed by atoms with Crippen LogP contribution in [0, 0.1) is 0 Å². The van der Waals surface area contributed by atoms with Crippen molar-refractivity contribution in [3.8, 4) is 11.5 Å². The van der Waals surface area contributed by atoms with Crippen molar-refractivity contribution in [1.82, 2.24) is 5.32 Å². The summed E-state index contributed by atoms with van der Waals surface area (Å²) in [5.41, 5.74) is 0.765. The van der Waals surface area contributed by atoms with Gasteiger partial charge >= 0.3 is 0 Å². The highest BCUT2D eigenvalue weighted by molar-refractivity contribution is 7.91. The van der Waals surface area contributed by atoms with Crippen LogP contribution >= 0.6 is 0 Å². The number of nitrogens with one attached hydrogen (secondary N) is 1. The Kier molecular flexibility index (Phi) is 6.52. The lowest BCUT2D eigenvalue weighted by Gasteiger charge is -2.20. The van der Waals surface area contributed by atoms with Crippen LogP contribution in [0.25, 0.3) is 0 Å². The molecule has 1 aromatic carbocycles. The Morgan fingerprint density at radius 3 is 2.33 bits per heavy atom. The van der Waals surface area contributed by atoms with Gasteiger partial charge in [0.15, 0.2) is 21.3 Å². The standard InChI is InChI=1S/C18H29NO4S/c1-5-8-9-14-12-24(20,21)18-11-17(23-7-3)16(22-6-2)10-15(18)13(4)19-14/h10-11,13-14,19H,5-9,12H2,1-4H3/t13-,14?/m1/s1. The van der Waals surface area contributed by atoms with E-state index < -0.39 is 9.84 Å². The summed E-state index contributed by atoms with van der Waals surface area (Å²) in [4.78, 5) is 0.369. The van der Waals surface area contributed by atoms with E-state index in [4.69, 9.17) is 9.47 Å². The third kappa shape index (κ3) is 4.22. The van der Waals surface area contributed by atoms with Crippen molar-refractivity contribution in [3.05, 3.63) is 17.7 Å². The third-order valence-electron chi connectivity index (χ3n) is 4.29. The summed E-state index contributed by atoms with van der Waals surface area (Å²) >= 11 is 0. The molecule has 1 aromatic rings. The van der Waals surface area contributed by atoms with Crippen LogP contribution in [0.3, 0.4) is 0 Å². The Balaban J connectivity index is 2.48. The molecule has 2 rings (SSSR count). The molecule has 6 heteroatoms. The highest BCUT2D eigenvalue weighted by Crippen LogP contribution is 2.38. The number of unbranched alkanes of at least 4 members (excludes halogenated alkanes) is 1. The zero-order chi connectivity index (χ0) is 17.7. The predicted octanol–water partition coefficient (Wildman–Crippen LogP) is 3.48. The molecule has 5 nitrogen and oxygen atoms in total. The van der Waals surface area contributed by atoms with E-state index >= 15 is 0 Å². The van der Waals surface area contributed by atoms with Gasteiger partial charge in [-0.1, -0.05) is 19.8 Å². The Hall–Kier alpha value is -1.27. The largest absolute Gasteiger partial charge is 0.490 e. The minimum absolute atomic E-state index is 0.0246. The lowest BCUT2D eigenvalue weighted by molar-refractivity contribution is 0.286. The summed E-state index contributed by atoms with van der Waals surface area (Å²) in [5.74, 6) is 1.24. The van der Waals surface area contributed by atoms with E-state index in [0.29, 0.717) is 29.6 Å². The quantitative estimate of drug-likeness (QED) is 0.811. The van der Waals surface area contributed by atoms with Gasteiger partial charge in [-0.05, 0) is 38.8 Å². The lowest BCUT2D eigenvalue weighted by Crippen LogP contribution is -2.34. The molecule has 0 aliphatic carbocycles. The van der Waals surface area contributed by atoms with E-state index in [1.54, 1.807) is 6.07 Å². The van der Waals surface area contributed by atoms with Crippen LogP contribution in [0.4, 0.5) is 0 Å². The van der Waals surface area contributed by atoms with Crippen LogP contribution in [0.2, 0.25) is 0 Å². The number of hydrogen-bond donors (Lipinski definition) is 1. The van der Waals surface area contributed by atoms with E-state index in [1.165, 1.54) is 0 Å². The van der Waals surface area contributed by atoms with Gasteiger partial charge in [-0.15, -0.1) is 0 Å². The van der Waals surface area contributed by atoms with Crippen molar-refractivity contribution in [2.75, 3.05) is 19.0 Å². The maximum Gasteiger partial charge on any atom is 0.180 e. The monoisotopic (exact) mass is 355 g/mol. The third-order valence-corrected chi connectivity index (χ3v) is 6.15. The van der Waals surface area contributed by atoms with Crippen LogP contribution in [-0.4, -0.2) is 33.4 Å². The molecule has 2 atom stereocenters. The Morgan fingerprint density at radius 2 is 1.75 bits per heavy atom. The normalized spacial score (nSPS) is 22.5. The molecule has 0 saturated heterocycles. The van der Waals surface area contributed by atoms with Gasteiger partial charge in [-0.3, -0.25) is 0 Å². The Morgan fingerprint density at radius 1 is 1.12 bits per heavy atom. The molecule has 24 heavy (non-hydrogen) atoms. The van der Waals surface area contributed by atoms with Crippen LogP contribution in [0.15, 0.2) is 17.0 Å². The van der Waals surface area contributed by atoms with Crippen LogP contribution < -0.4 is 14.8 Å². The van der Waals surface area contributed by atoms with Gasteiger partial charge in [0.05, 0.1) is 23.9 Å². The molecule has 1 heterocycles. The van der Waals surface area contributed by atoms with Gasteiger partial charge < -0.3 is 14.8 Å². The van der Waals surface area contributed by atoms with Crippen molar-refractivity contribution in [3.63, 3.8) is 0 Å². The van der Waals surface area contributed by atoms with E-state index in [-0.39, 0.29) is 17.8 Å². The Bertz CT molecular complexity index is 657. The van der Waals surface area contributed by atoms with E-state index in [1.807, 2.05) is 26.8 Å². The molecule has 0 aromatic heterocycles. The van der Waals surface area contributed by atoms with Gasteiger partial charge in [0.1, 0.15) is 0 Å². The molecule has 0 fully saturated rings. The summed E-state index contributed by atoms with van der Waals surface area (Å²) in [7, 11) is -3.36. The first kappa shape index (κ1) is 19.1. The average molecular weight is 356 g/mol. The second-order valence-electron chi connectivity index (χ2n) is 6.21. The summed E-state index contributed by atoms with van der Waals surface area (Å²) in [5, 5.41) is 3.47. The van der Waals surface area contributed by atoms with Gasteiger partial charge in [0.2, 0.25) is 0 Å². The zero-order valence-electron chi connectivity index (χ0n) is 15.1. The van der Waals surface area contributed by atoms with Gasteiger partial charge in [-0.2, -0.15) is 0 Å². The topological polar surface area (TPSA) is 64.6 Å². The SMILES string of the molecule is CCCCC1CS(=O)(=O)c2cc(OCC)c(OCC)cc2[C@@H](C)N1. The van der Waals surface area contributed by atoms with Gasteiger partial charge in [-0.25, -0.2) is 8.42 Å². The first-order chi connectivity index (χ1) is 11.4. The molecule has 0 radical (unpaired) electrons. The van der Waals surface area contributed by atoms with Gasteiger partial charge in [0.25, 0.3) is 0 Å². The molecule has 0 amide bonds. The van der Waals surface area contributed by atoms with E-state index in [9.17, 15) is 8.42 Å². The van der Waals surface area contributed by atoms with Gasteiger partial charge in [0, 0.05) is 18.2 Å². The summed E-state index contributed by atoms with van der Waals surface area (Å²) in [6.45, 7) is 8.88. The fourth-order valence-corrected chi connectivity index (χ4v) is 5.02. The maximum absolute atomic E-state index is 12.9. The molecule has 0 saturated carbocycles. The summed E-state index contributed by atoms with van der Waals surface area (Å²) in [6.07, 6.45) is 2.94. The second-order valence-corrected chi connectivity index (χ2v) is 8.21. The van der Waals surface area contributed by atoms with Crippen LogP contribution in [-0.2, 0) is 9.84 Å². The molecule has 0 spiro atoms. The first-order valence-electron chi connectivity index (χ1n) is 8.85. The van der Waals surface area contributed by atoms with E-state index in [0.717, 1.165) is 24.8 Å². The fourth-order valence-electron chi connectivity index (χ4n) is 3.16.